The van der Waals surface area contributed by atoms with Gasteiger partial charge in [0.2, 0.25) is 0 Å². The van der Waals surface area contributed by atoms with Gasteiger partial charge in [-0.25, -0.2) is 18.6 Å². The van der Waals surface area contributed by atoms with Crippen LogP contribution in [0, 0.1) is 18.6 Å². The highest BCUT2D eigenvalue weighted by Gasteiger charge is 2.17. The molecule has 0 aliphatic carbocycles. The van der Waals surface area contributed by atoms with Gasteiger partial charge in [0.15, 0.2) is 11.6 Å². The van der Waals surface area contributed by atoms with Crippen molar-refractivity contribution in [1.82, 2.24) is 14.9 Å². The summed E-state index contributed by atoms with van der Waals surface area (Å²) in [5.41, 5.74) is 4.25. The summed E-state index contributed by atoms with van der Waals surface area (Å²) in [6.45, 7) is 3.21. The molecular formula is C28H27F2N3O2. The second-order valence-electron chi connectivity index (χ2n) is 8.19. The molecule has 1 aromatic heterocycles. The summed E-state index contributed by atoms with van der Waals surface area (Å²) in [5.74, 6) is -0.998. The Kier molecular flexibility index (Phi) is 7.88. The number of hydrogen-bond acceptors (Lipinski definition) is 3. The Hall–Kier alpha value is -4.00. The average molecular weight is 476 g/mol. The molecule has 0 bridgehead atoms. The van der Waals surface area contributed by atoms with E-state index in [1.165, 1.54) is 0 Å². The van der Waals surface area contributed by atoms with Crippen molar-refractivity contribution < 1.29 is 18.3 Å². The van der Waals surface area contributed by atoms with Gasteiger partial charge in [-0.1, -0.05) is 60.7 Å². The van der Waals surface area contributed by atoms with Crippen molar-refractivity contribution in [3.63, 3.8) is 0 Å². The summed E-state index contributed by atoms with van der Waals surface area (Å²) in [7, 11) is 0. The minimum atomic E-state index is -0.917. The second-order valence-corrected chi connectivity index (χ2v) is 8.19. The molecule has 4 rings (SSSR count). The number of carbonyl (C=O) groups excluding carboxylic acids is 1. The van der Waals surface area contributed by atoms with Crippen molar-refractivity contribution in [3.05, 3.63) is 96.3 Å². The Morgan fingerprint density at radius 1 is 0.914 bits per heavy atom. The summed E-state index contributed by atoms with van der Waals surface area (Å²) in [4.78, 5) is 16.8. The van der Waals surface area contributed by atoms with Crippen LogP contribution in [0.1, 0.15) is 25.1 Å². The number of unbranched alkanes of at least 4 members (excludes halogenated alkanes) is 2. The molecule has 0 unspecified atom stereocenters. The van der Waals surface area contributed by atoms with Crippen LogP contribution in [0.25, 0.3) is 22.5 Å². The minimum absolute atomic E-state index is 0.304. The van der Waals surface area contributed by atoms with Crippen molar-refractivity contribution in [2.24, 2.45) is 0 Å². The highest BCUT2D eigenvalue weighted by atomic mass is 19.1. The Morgan fingerprint density at radius 2 is 1.60 bits per heavy atom. The largest absolute Gasteiger partial charge is 0.412 e. The van der Waals surface area contributed by atoms with Crippen molar-refractivity contribution in [2.45, 2.75) is 32.7 Å². The van der Waals surface area contributed by atoms with Crippen molar-refractivity contribution >= 4 is 6.09 Å². The van der Waals surface area contributed by atoms with Crippen LogP contribution in [-0.2, 0) is 6.54 Å². The zero-order valence-corrected chi connectivity index (χ0v) is 19.5. The highest BCUT2D eigenvalue weighted by Crippen LogP contribution is 2.33. The van der Waals surface area contributed by atoms with Gasteiger partial charge >= 0.3 is 6.09 Å². The molecule has 0 spiro atoms. The molecule has 0 atom stereocenters. The molecule has 4 aromatic rings. The third-order valence-electron chi connectivity index (χ3n) is 5.68. The van der Waals surface area contributed by atoms with Crippen LogP contribution in [0.3, 0.4) is 0 Å². The lowest BCUT2D eigenvalue weighted by Gasteiger charge is -2.12. The molecule has 3 aromatic carbocycles. The normalized spacial score (nSPS) is 10.8. The molecule has 0 saturated heterocycles. The van der Waals surface area contributed by atoms with Crippen LogP contribution in [-0.4, -0.2) is 22.2 Å². The van der Waals surface area contributed by atoms with E-state index in [-0.39, 0.29) is 5.75 Å². The highest BCUT2D eigenvalue weighted by molar-refractivity contribution is 5.79. The number of carbonyl (C=O) groups is 1. The first-order valence-electron chi connectivity index (χ1n) is 11.6. The summed E-state index contributed by atoms with van der Waals surface area (Å²) in [6.07, 6.45) is 1.74. The number of aryl methyl sites for hydroxylation is 1. The molecule has 5 nitrogen and oxygen atoms in total. The van der Waals surface area contributed by atoms with Crippen LogP contribution in [0.2, 0.25) is 0 Å². The van der Waals surface area contributed by atoms with E-state index in [1.807, 2.05) is 43.3 Å². The number of ether oxygens (including phenoxy) is 1. The van der Waals surface area contributed by atoms with Gasteiger partial charge in [0.1, 0.15) is 11.6 Å². The van der Waals surface area contributed by atoms with E-state index >= 15 is 0 Å². The molecule has 1 heterocycles. The van der Waals surface area contributed by atoms with Gasteiger partial charge < -0.3 is 14.6 Å². The number of aromatic nitrogens is 2. The number of nitrogens with zero attached hydrogens (tertiary/aromatic N) is 2. The zero-order chi connectivity index (χ0) is 24.6. The van der Waals surface area contributed by atoms with Crippen molar-refractivity contribution in [2.75, 3.05) is 6.54 Å². The summed E-state index contributed by atoms with van der Waals surface area (Å²) < 4.78 is 33.7. The van der Waals surface area contributed by atoms with Crippen LogP contribution in [0.4, 0.5) is 13.6 Å². The third kappa shape index (κ3) is 6.12. The second kappa shape index (κ2) is 11.4. The molecule has 0 fully saturated rings. The van der Waals surface area contributed by atoms with Crippen LogP contribution >= 0.6 is 0 Å². The smallest absolute Gasteiger partial charge is 0.407 e. The maximum atomic E-state index is 13.6. The van der Waals surface area contributed by atoms with Gasteiger partial charge in [0, 0.05) is 30.3 Å². The minimum Gasteiger partial charge on any atom is -0.407 e. The first kappa shape index (κ1) is 24.1. The lowest BCUT2D eigenvalue weighted by molar-refractivity contribution is 0.198. The van der Waals surface area contributed by atoms with Gasteiger partial charge in [-0.05, 0) is 38.3 Å². The van der Waals surface area contributed by atoms with Crippen LogP contribution in [0.15, 0.2) is 78.9 Å². The molecule has 7 heteroatoms. The van der Waals surface area contributed by atoms with E-state index in [1.54, 1.807) is 0 Å². The van der Waals surface area contributed by atoms with Crippen LogP contribution in [0.5, 0.6) is 5.75 Å². The van der Waals surface area contributed by atoms with Gasteiger partial charge in [-0.3, -0.25) is 0 Å². The number of imidazole rings is 1. The summed E-state index contributed by atoms with van der Waals surface area (Å²) in [6, 6.07) is 23.2. The number of nitrogens with one attached hydrogen (secondary N) is 1. The zero-order valence-electron chi connectivity index (χ0n) is 19.5. The molecule has 180 valence electrons. The number of benzene rings is 3. The summed E-state index contributed by atoms with van der Waals surface area (Å²) in [5, 5.41) is 2.61. The summed E-state index contributed by atoms with van der Waals surface area (Å²) >= 11 is 0. The standard InChI is InChI=1S/C28H27F2N3O2/c1-20-32-26(21-11-5-2-6-12-21)27(22-13-7-3-8-14-22)33(20)18-10-4-9-17-31-28(34)35-25-16-15-23(29)19-24(25)30/h2-3,5-8,11-16,19H,4,9-10,17-18H2,1H3,(H,31,34). The number of rotatable bonds is 9. The van der Waals surface area contributed by atoms with Crippen molar-refractivity contribution in [1.29, 1.82) is 0 Å². The van der Waals surface area contributed by atoms with E-state index in [9.17, 15) is 13.6 Å². The SMILES string of the molecule is Cc1nc(-c2ccccc2)c(-c2ccccc2)n1CCCCCNC(=O)Oc1ccc(F)cc1F. The maximum Gasteiger partial charge on any atom is 0.412 e. The Balaban J connectivity index is 1.33. The molecule has 1 N–H and O–H groups in total. The number of amides is 1. The Morgan fingerprint density at radius 3 is 2.29 bits per heavy atom. The Labute approximate surface area is 203 Å². The van der Waals surface area contributed by atoms with E-state index in [2.05, 4.69) is 34.1 Å². The molecule has 35 heavy (non-hydrogen) atoms. The fourth-order valence-electron chi connectivity index (χ4n) is 3.98. The van der Waals surface area contributed by atoms with E-state index in [0.29, 0.717) is 12.6 Å². The van der Waals surface area contributed by atoms with E-state index in [0.717, 1.165) is 66.3 Å². The first-order valence-corrected chi connectivity index (χ1v) is 11.6. The quantitative estimate of drug-likeness (QED) is 0.272. The topological polar surface area (TPSA) is 56.2 Å². The fourth-order valence-corrected chi connectivity index (χ4v) is 3.98. The molecule has 1 amide bonds. The van der Waals surface area contributed by atoms with E-state index < -0.39 is 17.7 Å². The molecule has 0 aliphatic heterocycles. The van der Waals surface area contributed by atoms with Gasteiger partial charge in [0.25, 0.3) is 0 Å². The molecule has 0 aliphatic rings. The van der Waals surface area contributed by atoms with Gasteiger partial charge in [-0.2, -0.15) is 0 Å². The lowest BCUT2D eigenvalue weighted by Crippen LogP contribution is -2.28. The maximum absolute atomic E-state index is 13.6. The van der Waals surface area contributed by atoms with Gasteiger partial charge in [0.05, 0.1) is 11.4 Å². The molecular weight excluding hydrogens is 448 g/mol. The van der Waals surface area contributed by atoms with E-state index in [4.69, 9.17) is 9.72 Å². The van der Waals surface area contributed by atoms with Crippen LogP contribution < -0.4 is 10.1 Å². The predicted octanol–water partition coefficient (Wildman–Crippen LogP) is 6.76. The predicted molar refractivity (Wildman–Crippen MR) is 132 cm³/mol. The Bertz CT molecular complexity index is 1270. The third-order valence-corrected chi connectivity index (χ3v) is 5.68. The molecule has 0 radical (unpaired) electrons. The first-order chi connectivity index (χ1) is 17.0. The number of hydrogen-bond donors (Lipinski definition) is 1. The lowest BCUT2D eigenvalue weighted by atomic mass is 10.0. The number of halogens is 2. The average Bonchev–Trinajstić information content (AvgIpc) is 3.20. The molecule has 0 saturated carbocycles. The fraction of sp³-hybridized carbons (Fsp3) is 0.214. The van der Waals surface area contributed by atoms with Crippen molar-refractivity contribution in [3.8, 4) is 28.3 Å². The monoisotopic (exact) mass is 475 g/mol. The van der Waals surface area contributed by atoms with Gasteiger partial charge in [-0.15, -0.1) is 0 Å².